The molecule has 2 rings (SSSR count). The van der Waals surface area contributed by atoms with Crippen LogP contribution in [-0.2, 0) is 11.2 Å². The Hall–Kier alpha value is -2.95. The van der Waals surface area contributed by atoms with Crippen LogP contribution in [0.1, 0.15) is 36.8 Å². The molecule has 0 heterocycles. The minimum absolute atomic E-state index is 0.0376. The zero-order chi connectivity index (χ0) is 19.5. The molecule has 5 nitrogen and oxygen atoms in total. The third-order valence-electron chi connectivity index (χ3n) is 4.15. The topological polar surface area (TPSA) is 76.0 Å². The first-order valence-electron chi connectivity index (χ1n) is 9.06. The average molecular weight is 370 g/mol. The minimum atomic E-state index is -0.896. The van der Waals surface area contributed by atoms with E-state index in [1.807, 2.05) is 24.3 Å². The van der Waals surface area contributed by atoms with E-state index in [-0.39, 0.29) is 18.6 Å². The molecule has 0 fully saturated rings. The van der Waals surface area contributed by atoms with Gasteiger partial charge in [-0.2, -0.15) is 0 Å². The molecule has 0 aliphatic carbocycles. The number of benzene rings is 2. The summed E-state index contributed by atoms with van der Waals surface area (Å²) in [4.78, 5) is 10.8. The molecule has 0 unspecified atom stereocenters. The van der Waals surface area contributed by atoms with Crippen molar-refractivity contribution in [1.29, 1.82) is 0 Å². The molecule has 0 aliphatic rings. The number of aromatic hydroxyl groups is 1. The van der Waals surface area contributed by atoms with Gasteiger partial charge in [-0.1, -0.05) is 30.4 Å². The van der Waals surface area contributed by atoms with Gasteiger partial charge in [-0.05, 0) is 55.5 Å². The first-order chi connectivity index (χ1) is 13.1. The van der Waals surface area contributed by atoms with Crippen LogP contribution in [0.25, 0.3) is 6.08 Å². The molecule has 5 heteroatoms. The predicted octanol–water partition coefficient (Wildman–Crippen LogP) is 4.68. The summed E-state index contributed by atoms with van der Waals surface area (Å²) >= 11 is 0. The Bertz CT molecular complexity index is 750. The van der Waals surface area contributed by atoms with Crippen LogP contribution in [0.3, 0.4) is 0 Å². The van der Waals surface area contributed by atoms with Crippen LogP contribution in [0.2, 0.25) is 0 Å². The van der Waals surface area contributed by atoms with Crippen molar-refractivity contribution in [2.45, 2.75) is 32.1 Å². The van der Waals surface area contributed by atoms with Crippen molar-refractivity contribution >= 4 is 12.0 Å². The Balaban J connectivity index is 1.72. The number of phenolic OH excluding ortho intramolecular Hbond substituents is 1. The van der Waals surface area contributed by atoms with Gasteiger partial charge in [-0.25, -0.2) is 0 Å². The Labute approximate surface area is 159 Å². The highest BCUT2D eigenvalue weighted by molar-refractivity contribution is 5.67. The molecule has 0 amide bonds. The Kier molecular flexibility index (Phi) is 8.23. The fraction of sp³-hybridized carbons (Fsp3) is 0.318. The van der Waals surface area contributed by atoms with E-state index < -0.39 is 5.97 Å². The number of carboxylic acids is 1. The minimum Gasteiger partial charge on any atom is -0.508 e. The van der Waals surface area contributed by atoms with Gasteiger partial charge in [0.25, 0.3) is 0 Å². The number of rotatable bonds is 11. The SMILES string of the molecule is COc1ccc(C=CCCCCOc2cccc(O)c2CCC(=O)O)cc1. The van der Waals surface area contributed by atoms with Gasteiger partial charge in [0.1, 0.15) is 17.2 Å². The van der Waals surface area contributed by atoms with Gasteiger partial charge in [-0.3, -0.25) is 4.79 Å². The molecule has 0 atom stereocenters. The van der Waals surface area contributed by atoms with Crippen molar-refractivity contribution in [2.24, 2.45) is 0 Å². The molecule has 0 saturated carbocycles. The summed E-state index contributed by atoms with van der Waals surface area (Å²) in [6.07, 6.45) is 7.23. The second-order valence-electron chi connectivity index (χ2n) is 6.17. The van der Waals surface area contributed by atoms with Crippen LogP contribution in [-0.4, -0.2) is 29.9 Å². The first kappa shape index (κ1) is 20.4. The van der Waals surface area contributed by atoms with E-state index in [2.05, 4.69) is 12.2 Å². The van der Waals surface area contributed by atoms with Gasteiger partial charge >= 0.3 is 5.97 Å². The lowest BCUT2D eigenvalue weighted by atomic mass is 10.1. The number of ether oxygens (including phenoxy) is 2. The summed E-state index contributed by atoms with van der Waals surface area (Å²) in [5.41, 5.74) is 1.69. The second-order valence-corrected chi connectivity index (χ2v) is 6.17. The van der Waals surface area contributed by atoms with Gasteiger partial charge in [0, 0.05) is 12.0 Å². The first-order valence-corrected chi connectivity index (χ1v) is 9.06. The van der Waals surface area contributed by atoms with Crippen LogP contribution < -0.4 is 9.47 Å². The number of allylic oxidation sites excluding steroid dienone is 1. The zero-order valence-corrected chi connectivity index (χ0v) is 15.6. The maximum Gasteiger partial charge on any atom is 0.303 e. The molecule has 144 valence electrons. The largest absolute Gasteiger partial charge is 0.508 e. The van der Waals surface area contributed by atoms with E-state index >= 15 is 0 Å². The van der Waals surface area contributed by atoms with E-state index in [0.29, 0.717) is 17.9 Å². The van der Waals surface area contributed by atoms with E-state index in [1.54, 1.807) is 25.3 Å². The molecule has 2 N–H and O–H groups in total. The molecule has 0 aromatic heterocycles. The summed E-state index contributed by atoms with van der Waals surface area (Å²) in [5, 5.41) is 18.8. The number of carboxylic acid groups (broad SMARTS) is 1. The Morgan fingerprint density at radius 1 is 1.11 bits per heavy atom. The van der Waals surface area contributed by atoms with Crippen LogP contribution >= 0.6 is 0 Å². The van der Waals surface area contributed by atoms with Gasteiger partial charge < -0.3 is 19.7 Å². The fourth-order valence-corrected chi connectivity index (χ4v) is 2.65. The van der Waals surface area contributed by atoms with E-state index in [0.717, 1.165) is 30.6 Å². The van der Waals surface area contributed by atoms with Crippen molar-refractivity contribution < 1.29 is 24.5 Å². The van der Waals surface area contributed by atoms with Crippen LogP contribution in [0.5, 0.6) is 17.2 Å². The van der Waals surface area contributed by atoms with Gasteiger partial charge in [0.05, 0.1) is 13.7 Å². The maximum absolute atomic E-state index is 10.8. The van der Waals surface area contributed by atoms with Crippen molar-refractivity contribution in [3.63, 3.8) is 0 Å². The number of phenols is 1. The molecule has 27 heavy (non-hydrogen) atoms. The zero-order valence-electron chi connectivity index (χ0n) is 15.6. The number of hydrogen-bond donors (Lipinski definition) is 2. The molecule has 0 saturated heterocycles. The number of carbonyl (C=O) groups is 1. The molecular formula is C22H26O5. The molecule has 2 aromatic carbocycles. The van der Waals surface area contributed by atoms with Crippen molar-refractivity contribution in [2.75, 3.05) is 13.7 Å². The van der Waals surface area contributed by atoms with Gasteiger partial charge in [0.2, 0.25) is 0 Å². The van der Waals surface area contributed by atoms with Crippen molar-refractivity contribution in [3.8, 4) is 17.2 Å². The van der Waals surface area contributed by atoms with Crippen LogP contribution in [0, 0.1) is 0 Å². The fourth-order valence-electron chi connectivity index (χ4n) is 2.65. The van der Waals surface area contributed by atoms with E-state index in [1.165, 1.54) is 0 Å². The van der Waals surface area contributed by atoms with E-state index in [4.69, 9.17) is 14.6 Å². The number of hydrogen-bond acceptors (Lipinski definition) is 4. The highest BCUT2D eigenvalue weighted by Gasteiger charge is 2.10. The standard InChI is InChI=1S/C22H26O5/c1-26-18-12-10-17(11-13-18)7-4-2-3-5-16-27-21-9-6-8-20(23)19(21)14-15-22(24)25/h4,6-13,23H,2-3,5,14-16H2,1H3,(H,24,25). The molecule has 0 aliphatic heterocycles. The summed E-state index contributed by atoms with van der Waals surface area (Å²) in [6.45, 7) is 0.528. The molecule has 0 radical (unpaired) electrons. The molecule has 0 bridgehead atoms. The second kappa shape index (κ2) is 10.9. The normalized spacial score (nSPS) is 10.9. The summed E-state index contributed by atoms with van der Waals surface area (Å²) < 4.78 is 10.9. The number of aliphatic carboxylic acids is 1. The number of unbranched alkanes of at least 4 members (excludes halogenated alkanes) is 2. The lowest BCUT2D eigenvalue weighted by Gasteiger charge is -2.12. The third kappa shape index (κ3) is 7.05. The highest BCUT2D eigenvalue weighted by Crippen LogP contribution is 2.29. The molecular weight excluding hydrogens is 344 g/mol. The average Bonchev–Trinajstić information content (AvgIpc) is 2.67. The number of methoxy groups -OCH3 is 1. The van der Waals surface area contributed by atoms with Gasteiger partial charge in [-0.15, -0.1) is 0 Å². The maximum atomic E-state index is 10.8. The Morgan fingerprint density at radius 3 is 2.59 bits per heavy atom. The van der Waals surface area contributed by atoms with Crippen LogP contribution in [0.4, 0.5) is 0 Å². The van der Waals surface area contributed by atoms with E-state index in [9.17, 15) is 9.90 Å². The summed E-state index contributed by atoms with van der Waals surface area (Å²) in [6, 6.07) is 12.9. The van der Waals surface area contributed by atoms with Crippen LogP contribution in [0.15, 0.2) is 48.5 Å². The van der Waals surface area contributed by atoms with Gasteiger partial charge in [0.15, 0.2) is 0 Å². The molecule has 0 spiro atoms. The van der Waals surface area contributed by atoms with Crippen molar-refractivity contribution in [3.05, 3.63) is 59.7 Å². The quantitative estimate of drug-likeness (QED) is 0.562. The summed E-state index contributed by atoms with van der Waals surface area (Å²) in [5.74, 6) is 0.591. The lowest BCUT2D eigenvalue weighted by Crippen LogP contribution is -2.03. The lowest BCUT2D eigenvalue weighted by molar-refractivity contribution is -0.136. The third-order valence-corrected chi connectivity index (χ3v) is 4.15. The monoisotopic (exact) mass is 370 g/mol. The predicted molar refractivity (Wildman–Crippen MR) is 105 cm³/mol. The molecule has 2 aromatic rings. The highest BCUT2D eigenvalue weighted by atomic mass is 16.5. The summed E-state index contributed by atoms with van der Waals surface area (Å²) in [7, 11) is 1.65. The van der Waals surface area contributed by atoms with Crippen molar-refractivity contribution in [1.82, 2.24) is 0 Å². The Morgan fingerprint density at radius 2 is 1.89 bits per heavy atom. The smallest absolute Gasteiger partial charge is 0.303 e.